The molecule has 2 heterocycles. The molecule has 7 aromatic carbocycles. The second kappa shape index (κ2) is 17.4. The minimum Gasteiger partial charge on any atom is -0.341 e. The number of aliphatic imine (C=N–C) groups is 1. The van der Waals surface area contributed by atoms with Gasteiger partial charge < -0.3 is 14.0 Å². The molecule has 7 aromatic rings. The van der Waals surface area contributed by atoms with E-state index in [2.05, 4.69) is 72.8 Å². The lowest BCUT2D eigenvalue weighted by atomic mass is 9.72. The predicted molar refractivity (Wildman–Crippen MR) is 239 cm³/mol. The van der Waals surface area contributed by atoms with Crippen molar-refractivity contribution >= 4 is 26.4 Å². The van der Waals surface area contributed by atoms with Gasteiger partial charge in [-0.05, 0) is 64.9 Å². The third-order valence-electron chi connectivity index (χ3n) is 11.2. The van der Waals surface area contributed by atoms with Crippen molar-refractivity contribution in [1.82, 2.24) is 0 Å². The van der Waals surface area contributed by atoms with E-state index in [0.717, 1.165) is 38.9 Å². The van der Waals surface area contributed by atoms with E-state index in [4.69, 9.17) is 39.6 Å². The van der Waals surface area contributed by atoms with Gasteiger partial charge in [-0.2, -0.15) is 0 Å². The fraction of sp³-hybridized carbons (Fsp3) is 0.173. The van der Waals surface area contributed by atoms with Crippen molar-refractivity contribution in [1.29, 1.82) is 0 Å². The maximum absolute atomic E-state index is 7.74. The maximum Gasteiger partial charge on any atom is 0.336 e. The fourth-order valence-electron chi connectivity index (χ4n) is 8.44. The van der Waals surface area contributed by atoms with Crippen molar-refractivity contribution in [2.75, 3.05) is 0 Å². The van der Waals surface area contributed by atoms with Crippen LogP contribution in [0.25, 0.3) is 0 Å². The molecule has 4 atom stereocenters. The molecule has 0 amide bonds. The average molecular weight is 830 g/mol. The summed E-state index contributed by atoms with van der Waals surface area (Å²) in [6.07, 6.45) is -0.290. The molecule has 60 heavy (non-hydrogen) atoms. The molecule has 2 aliphatic rings. The zero-order valence-electron chi connectivity index (χ0n) is 33.3. The van der Waals surface area contributed by atoms with Gasteiger partial charge in [-0.15, -0.1) is 0 Å². The highest BCUT2D eigenvalue weighted by molar-refractivity contribution is 7.41. The molecule has 2 saturated heterocycles. The van der Waals surface area contributed by atoms with Crippen molar-refractivity contribution in [3.8, 4) is 0 Å². The first-order valence-electron chi connectivity index (χ1n) is 20.2. The Balaban J connectivity index is 1.30. The van der Waals surface area contributed by atoms with Crippen molar-refractivity contribution in [3.63, 3.8) is 0 Å². The van der Waals surface area contributed by atoms with Gasteiger partial charge in [0.05, 0.1) is 0 Å². The van der Waals surface area contributed by atoms with Crippen LogP contribution in [-0.4, -0.2) is 24.2 Å². The summed E-state index contributed by atoms with van der Waals surface area (Å²) in [5.41, 5.74) is 3.71. The van der Waals surface area contributed by atoms with Crippen molar-refractivity contribution in [3.05, 3.63) is 250 Å². The molecule has 0 aromatic heterocycles. The van der Waals surface area contributed by atoms with E-state index < -0.39 is 49.9 Å². The standard InChI is InChI=1S/C52H45ClNO5P/c1-50(2)55-48-49(56-50)52(43-29-17-7-18-30-43,44-31-19-8-20-32-44)59-60(58-51(48,41-25-13-5-14-26-41)42-27-15-6-16-28-42)57-47(40-23-11-4-12-24-40)46(39-21-9-3-10-22-39)54-37-38-33-35-45(53)36-34-38/h3-37,46-49H,1-2H3/t46-,47+,48+,49+/m0/s1. The molecule has 0 aliphatic carbocycles. The van der Waals surface area contributed by atoms with Crippen molar-refractivity contribution in [2.45, 2.75) is 55.2 Å². The van der Waals surface area contributed by atoms with Gasteiger partial charge in [-0.25, -0.2) is 0 Å². The molecule has 8 heteroatoms. The Bertz CT molecular complexity index is 2300. The molecule has 9 rings (SSSR count). The summed E-state index contributed by atoms with van der Waals surface area (Å²) in [5, 5.41) is 0.657. The summed E-state index contributed by atoms with van der Waals surface area (Å²) in [5.74, 6) is -1.02. The third kappa shape index (κ3) is 7.89. The first-order valence-corrected chi connectivity index (χ1v) is 21.6. The first-order chi connectivity index (χ1) is 29.4. The van der Waals surface area contributed by atoms with Crippen LogP contribution in [0.2, 0.25) is 5.02 Å². The third-order valence-corrected chi connectivity index (χ3v) is 12.7. The van der Waals surface area contributed by atoms with Gasteiger partial charge in [0.25, 0.3) is 0 Å². The van der Waals surface area contributed by atoms with Gasteiger partial charge >= 0.3 is 8.60 Å². The van der Waals surface area contributed by atoms with Crippen LogP contribution in [0.4, 0.5) is 0 Å². The molecular formula is C52H45ClNO5P. The lowest BCUT2D eigenvalue weighted by molar-refractivity contribution is -0.177. The zero-order chi connectivity index (χ0) is 41.0. The highest BCUT2D eigenvalue weighted by atomic mass is 35.5. The Labute approximate surface area is 358 Å². The van der Waals surface area contributed by atoms with Crippen LogP contribution in [-0.2, 0) is 34.2 Å². The molecule has 0 unspecified atom stereocenters. The Morgan fingerprint density at radius 3 is 1.28 bits per heavy atom. The monoisotopic (exact) mass is 829 g/mol. The molecule has 0 radical (unpaired) electrons. The average Bonchev–Trinajstić information content (AvgIpc) is 3.59. The Morgan fingerprint density at radius 1 is 0.517 bits per heavy atom. The van der Waals surface area contributed by atoms with Gasteiger partial charge in [0.15, 0.2) is 17.0 Å². The van der Waals surface area contributed by atoms with Crippen molar-refractivity contribution in [2.24, 2.45) is 4.99 Å². The smallest absolute Gasteiger partial charge is 0.336 e. The molecule has 6 nitrogen and oxygen atoms in total. The van der Waals surface area contributed by atoms with Crippen LogP contribution in [0.15, 0.2) is 211 Å². The summed E-state index contributed by atoms with van der Waals surface area (Å²) in [6, 6.07) is 68.4. The molecule has 0 N–H and O–H groups in total. The van der Waals surface area contributed by atoms with E-state index in [1.54, 1.807) is 0 Å². The van der Waals surface area contributed by atoms with Crippen molar-refractivity contribution < 1.29 is 23.0 Å². The van der Waals surface area contributed by atoms with E-state index in [1.165, 1.54) is 0 Å². The van der Waals surface area contributed by atoms with E-state index in [0.29, 0.717) is 5.02 Å². The van der Waals surface area contributed by atoms with E-state index in [-0.39, 0.29) is 0 Å². The second-order valence-electron chi connectivity index (χ2n) is 15.4. The minimum atomic E-state index is -2.33. The SMILES string of the molecule is CC1(C)O[C@@H]2[C@@H](O1)C(c1ccccc1)(c1ccccc1)OP(O[C@H](c1ccccc1)[C@@H](N=Cc1ccc(Cl)cc1)c1ccccc1)OC2(c1ccccc1)c1ccccc1. The van der Waals surface area contributed by atoms with E-state index in [1.807, 2.05) is 154 Å². The van der Waals surface area contributed by atoms with Crippen LogP contribution in [0.3, 0.4) is 0 Å². The van der Waals surface area contributed by atoms with Gasteiger partial charge in [-0.1, -0.05) is 206 Å². The van der Waals surface area contributed by atoms with Gasteiger partial charge in [0.2, 0.25) is 0 Å². The first kappa shape index (κ1) is 40.2. The molecule has 0 saturated carbocycles. The number of nitrogens with zero attached hydrogens (tertiary/aromatic N) is 1. The number of hydrogen-bond acceptors (Lipinski definition) is 6. The number of benzene rings is 7. The second-order valence-corrected chi connectivity index (χ2v) is 16.9. The Hall–Kier alpha value is -5.27. The minimum absolute atomic E-state index is 0.529. The molecule has 2 aliphatic heterocycles. The quantitative estimate of drug-likeness (QED) is 0.0960. The lowest BCUT2D eigenvalue weighted by Gasteiger charge is -2.41. The van der Waals surface area contributed by atoms with Crippen LogP contribution < -0.4 is 0 Å². The summed E-state index contributed by atoms with van der Waals surface area (Å²) in [4.78, 5) is 5.30. The number of ether oxygens (including phenoxy) is 2. The molecule has 0 spiro atoms. The molecule has 300 valence electrons. The number of rotatable bonds is 11. The molecule has 0 bridgehead atoms. The topological polar surface area (TPSA) is 58.5 Å². The fourth-order valence-corrected chi connectivity index (χ4v) is 10.2. The molecule has 2 fully saturated rings. The lowest BCUT2D eigenvalue weighted by Crippen LogP contribution is -2.53. The van der Waals surface area contributed by atoms with Crippen LogP contribution in [0.1, 0.15) is 64.9 Å². The van der Waals surface area contributed by atoms with E-state index in [9.17, 15) is 0 Å². The maximum atomic E-state index is 7.74. The largest absolute Gasteiger partial charge is 0.341 e. The number of halogens is 1. The van der Waals surface area contributed by atoms with E-state index >= 15 is 0 Å². The zero-order valence-corrected chi connectivity index (χ0v) is 35.0. The highest BCUT2D eigenvalue weighted by Gasteiger charge is 2.67. The van der Waals surface area contributed by atoms with Gasteiger partial charge in [0, 0.05) is 11.2 Å². The van der Waals surface area contributed by atoms with Gasteiger partial charge in [0.1, 0.15) is 24.4 Å². The number of hydrogen-bond donors (Lipinski definition) is 0. The highest BCUT2D eigenvalue weighted by Crippen LogP contribution is 2.66. The predicted octanol–water partition coefficient (Wildman–Crippen LogP) is 12.9. The normalized spacial score (nSPS) is 20.5. The Morgan fingerprint density at radius 2 is 0.883 bits per heavy atom. The van der Waals surface area contributed by atoms with Crippen LogP contribution in [0, 0.1) is 0 Å². The summed E-state index contributed by atoms with van der Waals surface area (Å²) in [7, 11) is -2.33. The molecular weight excluding hydrogens is 785 g/mol. The van der Waals surface area contributed by atoms with Crippen LogP contribution in [0.5, 0.6) is 0 Å². The van der Waals surface area contributed by atoms with Crippen LogP contribution >= 0.6 is 20.2 Å². The Kier molecular flexibility index (Phi) is 11.6. The summed E-state index contributed by atoms with van der Waals surface area (Å²) < 4.78 is 37.5. The number of fused-ring (bicyclic) bond motifs is 1. The van der Waals surface area contributed by atoms with Gasteiger partial charge in [-0.3, -0.25) is 14.0 Å². The summed E-state index contributed by atoms with van der Waals surface area (Å²) >= 11 is 6.29. The summed E-state index contributed by atoms with van der Waals surface area (Å²) in [6.45, 7) is 3.91.